The Morgan fingerprint density at radius 2 is 2.00 bits per heavy atom. The van der Waals surface area contributed by atoms with E-state index in [4.69, 9.17) is 14.2 Å². The number of hydrogen-bond donors (Lipinski definition) is 1. The molecule has 1 N–H and O–H groups in total. The Kier molecular flexibility index (Phi) is 6.94. The Balaban J connectivity index is 1.25. The predicted molar refractivity (Wildman–Crippen MR) is 121 cm³/mol. The minimum atomic E-state index is -0.643. The van der Waals surface area contributed by atoms with Crippen LogP contribution in [0.3, 0.4) is 0 Å². The molecule has 4 rings (SSSR count). The van der Waals surface area contributed by atoms with Crippen LogP contribution in [0.5, 0.6) is 11.5 Å². The fourth-order valence-corrected chi connectivity index (χ4v) is 5.29. The van der Waals surface area contributed by atoms with Crippen LogP contribution in [-0.2, 0) is 27.2 Å². The van der Waals surface area contributed by atoms with Gasteiger partial charge in [0.25, 0.3) is 5.91 Å². The molecule has 2 aliphatic rings. The Morgan fingerprint density at radius 3 is 2.79 bits per heavy atom. The monoisotopic (exact) mass is 468 g/mol. The van der Waals surface area contributed by atoms with E-state index in [0.717, 1.165) is 29.7 Å². The smallest absolute Gasteiger partial charge is 0.306 e. The first-order chi connectivity index (χ1) is 15.9. The van der Waals surface area contributed by atoms with Crippen molar-refractivity contribution in [2.75, 3.05) is 25.1 Å². The van der Waals surface area contributed by atoms with Crippen molar-refractivity contribution in [3.8, 4) is 17.6 Å². The maximum Gasteiger partial charge on any atom is 0.306 e. The number of rotatable bonds is 7. The number of ether oxygens (including phenoxy) is 3. The summed E-state index contributed by atoms with van der Waals surface area (Å²) in [7, 11) is 0. The van der Waals surface area contributed by atoms with Crippen LogP contribution in [0.25, 0.3) is 0 Å². The van der Waals surface area contributed by atoms with Gasteiger partial charge in [0.1, 0.15) is 24.3 Å². The fraction of sp³-hybridized carbons (Fsp3) is 0.417. The maximum atomic E-state index is 12.4. The van der Waals surface area contributed by atoms with E-state index >= 15 is 0 Å². The number of anilines is 1. The molecule has 0 spiro atoms. The summed E-state index contributed by atoms with van der Waals surface area (Å²) in [6.45, 7) is 2.58. The third-order valence-electron chi connectivity index (χ3n) is 5.66. The van der Waals surface area contributed by atoms with Crippen molar-refractivity contribution in [2.45, 2.75) is 39.0 Å². The van der Waals surface area contributed by atoms with Crippen molar-refractivity contribution >= 4 is 34.0 Å². The van der Waals surface area contributed by atoms with Gasteiger partial charge >= 0.3 is 5.97 Å². The van der Waals surface area contributed by atoms with Gasteiger partial charge in [-0.2, -0.15) is 5.26 Å². The van der Waals surface area contributed by atoms with Crippen molar-refractivity contribution in [2.24, 2.45) is 5.92 Å². The molecule has 2 heterocycles. The van der Waals surface area contributed by atoms with Crippen LogP contribution in [0.4, 0.5) is 5.00 Å². The molecule has 1 unspecified atom stereocenters. The summed E-state index contributed by atoms with van der Waals surface area (Å²) >= 11 is 1.42. The van der Waals surface area contributed by atoms with Gasteiger partial charge in [-0.05, 0) is 48.9 Å². The second-order valence-corrected chi connectivity index (χ2v) is 9.26. The third kappa shape index (κ3) is 5.34. The number of amides is 1. The van der Waals surface area contributed by atoms with Gasteiger partial charge in [0.15, 0.2) is 23.9 Å². The lowest BCUT2D eigenvalue weighted by atomic mass is 9.89. The maximum absolute atomic E-state index is 12.4. The summed E-state index contributed by atoms with van der Waals surface area (Å²) in [5.41, 5.74) is 1.95. The zero-order valence-corrected chi connectivity index (χ0v) is 19.1. The number of thiophene rings is 1. The van der Waals surface area contributed by atoms with Crippen molar-refractivity contribution in [3.05, 3.63) is 39.8 Å². The predicted octanol–water partition coefficient (Wildman–Crippen LogP) is 3.66. The number of Topliss-reactive ketones (excluding diaryl/α,β-unsaturated/α-hetero) is 1. The van der Waals surface area contributed by atoms with Gasteiger partial charge in [0.2, 0.25) is 0 Å². The van der Waals surface area contributed by atoms with Crippen molar-refractivity contribution < 1.29 is 28.6 Å². The molecule has 1 aromatic heterocycles. The highest BCUT2D eigenvalue weighted by atomic mass is 32.1. The first-order valence-corrected chi connectivity index (χ1v) is 11.7. The Hall–Kier alpha value is -3.38. The molecule has 172 valence electrons. The third-order valence-corrected chi connectivity index (χ3v) is 6.83. The number of ketones is 1. The second kappa shape index (κ2) is 10.0. The van der Waals surface area contributed by atoms with E-state index in [2.05, 4.69) is 18.3 Å². The van der Waals surface area contributed by atoms with Gasteiger partial charge in [-0.25, -0.2) is 0 Å². The lowest BCUT2D eigenvalue weighted by Crippen LogP contribution is -2.21. The van der Waals surface area contributed by atoms with Gasteiger partial charge in [-0.3, -0.25) is 14.4 Å². The zero-order chi connectivity index (χ0) is 23.4. The van der Waals surface area contributed by atoms with Gasteiger partial charge in [0, 0.05) is 16.9 Å². The molecule has 1 amide bonds. The molecule has 1 atom stereocenters. The molecule has 1 aliphatic heterocycles. The van der Waals surface area contributed by atoms with Crippen LogP contribution in [0.15, 0.2) is 18.2 Å². The number of hydrogen-bond acceptors (Lipinski definition) is 8. The fourth-order valence-electron chi connectivity index (χ4n) is 3.91. The SMILES string of the molecule is CC1CCc2c(sc(NC(=O)COC(=O)CCC(=O)c3ccc4c(c3)OCCO4)c2C#N)C1. The molecule has 8 nitrogen and oxygen atoms in total. The minimum absolute atomic E-state index is 0.0471. The van der Waals surface area contributed by atoms with Crippen LogP contribution in [-0.4, -0.2) is 37.5 Å². The lowest BCUT2D eigenvalue weighted by Gasteiger charge is -2.18. The molecule has 0 saturated carbocycles. The highest BCUT2D eigenvalue weighted by Gasteiger charge is 2.25. The molecule has 1 aromatic carbocycles. The lowest BCUT2D eigenvalue weighted by molar-refractivity contribution is -0.147. The molecule has 2 aromatic rings. The van der Waals surface area contributed by atoms with Crippen LogP contribution in [0.1, 0.15) is 52.5 Å². The number of nitrogens with one attached hydrogen (secondary N) is 1. The van der Waals surface area contributed by atoms with Crippen LogP contribution in [0, 0.1) is 17.2 Å². The number of esters is 1. The number of benzene rings is 1. The van der Waals surface area contributed by atoms with E-state index in [1.807, 2.05) is 0 Å². The largest absolute Gasteiger partial charge is 0.486 e. The van der Waals surface area contributed by atoms with E-state index in [1.165, 1.54) is 11.3 Å². The first-order valence-electron chi connectivity index (χ1n) is 10.9. The van der Waals surface area contributed by atoms with Gasteiger partial charge in [-0.15, -0.1) is 11.3 Å². The van der Waals surface area contributed by atoms with Gasteiger partial charge in [-0.1, -0.05) is 6.92 Å². The summed E-state index contributed by atoms with van der Waals surface area (Å²) < 4.78 is 15.9. The van der Waals surface area contributed by atoms with Crippen LogP contribution >= 0.6 is 11.3 Å². The molecule has 0 bridgehead atoms. The topological polar surface area (TPSA) is 115 Å². The molecule has 0 radical (unpaired) electrons. The summed E-state index contributed by atoms with van der Waals surface area (Å²) in [5, 5.41) is 12.7. The Bertz CT molecular complexity index is 1130. The zero-order valence-electron chi connectivity index (χ0n) is 18.3. The summed E-state index contributed by atoms with van der Waals surface area (Å²) in [6.07, 6.45) is 2.56. The minimum Gasteiger partial charge on any atom is -0.486 e. The van der Waals surface area contributed by atoms with Crippen molar-refractivity contribution in [3.63, 3.8) is 0 Å². The summed E-state index contributed by atoms with van der Waals surface area (Å²) in [4.78, 5) is 37.8. The van der Waals surface area contributed by atoms with Crippen molar-refractivity contribution in [1.29, 1.82) is 5.26 Å². The standard InChI is InChI=1S/C24H24N2O6S/c1-14-2-4-16-17(12-25)24(33-21(16)10-14)26-22(28)13-32-23(29)7-5-18(27)15-3-6-19-20(11-15)31-9-8-30-19/h3,6,11,14H,2,4-5,7-10,13H2,1H3,(H,26,28). The number of nitriles is 1. The van der Waals surface area contributed by atoms with E-state index in [-0.39, 0.29) is 18.6 Å². The van der Waals surface area contributed by atoms with E-state index in [0.29, 0.717) is 46.8 Å². The second-order valence-electron chi connectivity index (χ2n) is 8.16. The molecule has 1 aliphatic carbocycles. The highest BCUT2D eigenvalue weighted by molar-refractivity contribution is 7.16. The Morgan fingerprint density at radius 1 is 1.21 bits per heavy atom. The van der Waals surface area contributed by atoms with E-state index in [1.54, 1.807) is 18.2 Å². The number of carbonyl (C=O) groups excluding carboxylic acids is 3. The van der Waals surface area contributed by atoms with E-state index in [9.17, 15) is 19.6 Å². The number of fused-ring (bicyclic) bond motifs is 2. The number of carbonyl (C=O) groups is 3. The molecule has 0 fully saturated rings. The quantitative estimate of drug-likeness (QED) is 0.487. The number of nitrogens with zero attached hydrogens (tertiary/aromatic N) is 1. The molecular formula is C24H24N2O6S. The van der Waals surface area contributed by atoms with Gasteiger partial charge in [0.05, 0.1) is 12.0 Å². The first kappa shape index (κ1) is 22.8. The highest BCUT2D eigenvalue weighted by Crippen LogP contribution is 2.39. The summed E-state index contributed by atoms with van der Waals surface area (Å²) in [5.74, 6) is 0.264. The average Bonchev–Trinajstić information content (AvgIpc) is 3.16. The molecule has 33 heavy (non-hydrogen) atoms. The van der Waals surface area contributed by atoms with Gasteiger partial charge < -0.3 is 19.5 Å². The average molecular weight is 469 g/mol. The van der Waals surface area contributed by atoms with Crippen LogP contribution < -0.4 is 14.8 Å². The Labute approximate surface area is 195 Å². The molecular weight excluding hydrogens is 444 g/mol. The van der Waals surface area contributed by atoms with E-state index < -0.39 is 18.5 Å². The summed E-state index contributed by atoms with van der Waals surface area (Å²) in [6, 6.07) is 7.09. The van der Waals surface area contributed by atoms with Crippen molar-refractivity contribution in [1.82, 2.24) is 0 Å². The molecule has 0 saturated heterocycles. The van der Waals surface area contributed by atoms with Crippen LogP contribution in [0.2, 0.25) is 0 Å². The molecule has 9 heteroatoms. The normalized spacial score (nSPS) is 16.3.